The van der Waals surface area contributed by atoms with Gasteiger partial charge in [0, 0.05) is 44.0 Å². The van der Waals surface area contributed by atoms with Crippen molar-refractivity contribution in [1.29, 1.82) is 0 Å². The minimum absolute atomic E-state index is 0.174. The number of hydrogen-bond acceptors (Lipinski definition) is 7. The van der Waals surface area contributed by atoms with Crippen LogP contribution in [0.25, 0.3) is 10.9 Å². The predicted octanol–water partition coefficient (Wildman–Crippen LogP) is 4.38. The number of nitrogens with one attached hydrogen (secondary N) is 1. The van der Waals surface area contributed by atoms with Crippen LogP contribution < -0.4 is 30.3 Å². The van der Waals surface area contributed by atoms with Gasteiger partial charge >= 0.3 is 6.03 Å². The average Bonchev–Trinajstić information content (AvgIpc) is 2.99. The SMILES string of the molecule is COc1ccc(N(C(=O)Nc2ccc(F)cc2)[C@@H](C)c2nc3cc(F)ccc3c(=O)n2N2CCN(C)CC2)c(OC)c1. The second-order valence-corrected chi connectivity index (χ2v) is 10.0. The van der Waals surface area contributed by atoms with E-state index in [0.717, 1.165) is 0 Å². The van der Waals surface area contributed by atoms with E-state index in [2.05, 4.69) is 10.2 Å². The number of likely N-dealkylation sites (N-methyl/N-ethyl adjacent to an activating group) is 1. The van der Waals surface area contributed by atoms with Gasteiger partial charge in [0.2, 0.25) is 0 Å². The zero-order chi connectivity index (χ0) is 30.0. The van der Waals surface area contributed by atoms with Crippen LogP contribution in [0.4, 0.5) is 25.0 Å². The van der Waals surface area contributed by atoms with Crippen molar-refractivity contribution in [2.45, 2.75) is 13.0 Å². The van der Waals surface area contributed by atoms with E-state index in [1.165, 1.54) is 66.3 Å². The zero-order valence-corrected chi connectivity index (χ0v) is 23.8. The fourth-order valence-corrected chi connectivity index (χ4v) is 5.02. The van der Waals surface area contributed by atoms with Crippen molar-refractivity contribution < 1.29 is 23.0 Å². The lowest BCUT2D eigenvalue weighted by Gasteiger charge is -2.38. The predicted molar refractivity (Wildman–Crippen MR) is 157 cm³/mol. The number of aromatic nitrogens is 2. The summed E-state index contributed by atoms with van der Waals surface area (Å²) in [5.74, 6) is 0.0910. The lowest BCUT2D eigenvalue weighted by molar-refractivity contribution is 0.253. The second kappa shape index (κ2) is 12.0. The van der Waals surface area contributed by atoms with Crippen LogP contribution in [0.1, 0.15) is 18.8 Å². The minimum atomic E-state index is -0.868. The number of carbonyl (C=O) groups is 1. The van der Waals surface area contributed by atoms with Gasteiger partial charge in [0.1, 0.15) is 23.1 Å². The highest BCUT2D eigenvalue weighted by Crippen LogP contribution is 2.37. The molecule has 1 saturated heterocycles. The summed E-state index contributed by atoms with van der Waals surface area (Å²) in [6.45, 7) is 4.23. The molecule has 4 aromatic rings. The highest BCUT2D eigenvalue weighted by Gasteiger charge is 2.32. The standard InChI is InChI=1S/C30H32F2N6O4/c1-19(28-34-25-17-21(32)7-11-24(25)29(39)38(28)36-15-13-35(2)14-16-36)37(26-12-10-23(41-3)18-27(26)42-4)30(40)33-22-8-5-20(31)6-9-22/h5-12,17-19H,13-16H2,1-4H3,(H,33,40)/t19-/m0/s1. The Bertz CT molecular complexity index is 1650. The van der Waals surface area contributed by atoms with E-state index in [1.54, 1.807) is 25.1 Å². The summed E-state index contributed by atoms with van der Waals surface area (Å²) in [5, 5.41) is 4.96. The summed E-state index contributed by atoms with van der Waals surface area (Å²) in [6, 6.07) is 12.7. The van der Waals surface area contributed by atoms with E-state index in [4.69, 9.17) is 14.5 Å². The Morgan fingerprint density at radius 3 is 2.31 bits per heavy atom. The van der Waals surface area contributed by atoms with Gasteiger partial charge in [0.25, 0.3) is 5.56 Å². The van der Waals surface area contributed by atoms with Crippen molar-refractivity contribution in [3.63, 3.8) is 0 Å². The number of ether oxygens (including phenoxy) is 2. The third-order valence-electron chi connectivity index (χ3n) is 7.32. The van der Waals surface area contributed by atoms with Crippen LogP contribution in [0.3, 0.4) is 0 Å². The minimum Gasteiger partial charge on any atom is -0.497 e. The first-order valence-electron chi connectivity index (χ1n) is 13.4. The van der Waals surface area contributed by atoms with Gasteiger partial charge in [0.05, 0.1) is 36.9 Å². The normalized spacial score (nSPS) is 14.5. The molecule has 1 aromatic heterocycles. The van der Waals surface area contributed by atoms with Crippen LogP contribution in [0, 0.1) is 11.6 Å². The van der Waals surface area contributed by atoms with Crippen LogP contribution in [0.15, 0.2) is 65.5 Å². The van der Waals surface area contributed by atoms with Gasteiger partial charge in [-0.1, -0.05) is 0 Å². The molecule has 0 spiro atoms. The van der Waals surface area contributed by atoms with E-state index in [-0.39, 0.29) is 22.3 Å². The molecule has 2 amide bonds. The molecule has 0 unspecified atom stereocenters. The molecule has 0 aliphatic carbocycles. The van der Waals surface area contributed by atoms with Gasteiger partial charge in [-0.2, -0.15) is 0 Å². The number of nitrogens with zero attached hydrogens (tertiary/aromatic N) is 5. The second-order valence-electron chi connectivity index (χ2n) is 10.0. The Hall–Kier alpha value is -4.71. The van der Waals surface area contributed by atoms with Crippen LogP contribution in [0.2, 0.25) is 0 Å². The maximum absolute atomic E-state index is 14.3. The first-order valence-corrected chi connectivity index (χ1v) is 13.4. The number of urea groups is 1. The fraction of sp³-hybridized carbons (Fsp3) is 0.300. The van der Waals surface area contributed by atoms with Crippen molar-refractivity contribution in [3.05, 3.63) is 88.5 Å². The number of fused-ring (bicyclic) bond motifs is 1. The third kappa shape index (κ3) is 5.70. The molecular formula is C30H32F2N6O4. The number of carbonyl (C=O) groups excluding carboxylic acids is 1. The Balaban J connectivity index is 1.69. The molecule has 0 radical (unpaired) electrons. The lowest BCUT2D eigenvalue weighted by Crippen LogP contribution is -2.55. The van der Waals surface area contributed by atoms with Crippen molar-refractivity contribution in [2.24, 2.45) is 0 Å². The third-order valence-corrected chi connectivity index (χ3v) is 7.32. The summed E-state index contributed by atoms with van der Waals surface area (Å²) in [6.07, 6.45) is 0. The van der Waals surface area contributed by atoms with E-state index >= 15 is 0 Å². The molecule has 10 nitrogen and oxygen atoms in total. The first-order chi connectivity index (χ1) is 20.2. The topological polar surface area (TPSA) is 92.2 Å². The number of methoxy groups -OCH3 is 2. The fourth-order valence-electron chi connectivity index (χ4n) is 5.02. The van der Waals surface area contributed by atoms with Crippen LogP contribution in [0.5, 0.6) is 11.5 Å². The molecule has 1 aliphatic rings. The Labute approximate surface area is 241 Å². The molecule has 0 saturated carbocycles. The maximum atomic E-state index is 14.3. The molecule has 1 N–H and O–H groups in total. The Morgan fingerprint density at radius 2 is 1.64 bits per heavy atom. The van der Waals surface area contributed by atoms with Gasteiger partial charge < -0.3 is 24.7 Å². The van der Waals surface area contributed by atoms with E-state index in [1.807, 2.05) is 12.1 Å². The summed E-state index contributed by atoms with van der Waals surface area (Å²) < 4.78 is 40.4. The maximum Gasteiger partial charge on any atom is 0.327 e. The van der Waals surface area contributed by atoms with Gasteiger partial charge in [-0.05, 0) is 62.5 Å². The molecule has 42 heavy (non-hydrogen) atoms. The molecule has 3 aromatic carbocycles. The molecular weight excluding hydrogens is 546 g/mol. The molecule has 1 atom stereocenters. The molecule has 2 heterocycles. The largest absolute Gasteiger partial charge is 0.497 e. The smallest absolute Gasteiger partial charge is 0.327 e. The van der Waals surface area contributed by atoms with E-state index in [9.17, 15) is 18.4 Å². The number of piperazine rings is 1. The summed E-state index contributed by atoms with van der Waals surface area (Å²) in [7, 11) is 4.99. The van der Waals surface area contributed by atoms with Crippen LogP contribution in [-0.4, -0.2) is 68.0 Å². The lowest BCUT2D eigenvalue weighted by atomic mass is 10.1. The van der Waals surface area contributed by atoms with E-state index < -0.39 is 23.7 Å². The number of halogens is 2. The van der Waals surface area contributed by atoms with Gasteiger partial charge in [-0.3, -0.25) is 9.69 Å². The monoisotopic (exact) mass is 578 g/mol. The van der Waals surface area contributed by atoms with Crippen molar-refractivity contribution in [3.8, 4) is 11.5 Å². The molecule has 5 rings (SSSR count). The summed E-state index contributed by atoms with van der Waals surface area (Å²) in [5.41, 5.74) is 0.528. The molecule has 0 bridgehead atoms. The number of anilines is 2. The Kier molecular flexibility index (Phi) is 8.25. The van der Waals surface area contributed by atoms with E-state index in [0.29, 0.717) is 49.1 Å². The number of benzene rings is 3. The van der Waals surface area contributed by atoms with Gasteiger partial charge in [0.15, 0.2) is 5.82 Å². The molecule has 12 heteroatoms. The summed E-state index contributed by atoms with van der Waals surface area (Å²) >= 11 is 0. The van der Waals surface area contributed by atoms with Crippen LogP contribution in [-0.2, 0) is 0 Å². The first kappa shape index (κ1) is 28.8. The highest BCUT2D eigenvalue weighted by atomic mass is 19.1. The zero-order valence-electron chi connectivity index (χ0n) is 23.8. The number of hydrogen-bond donors (Lipinski definition) is 1. The molecule has 1 aliphatic heterocycles. The van der Waals surface area contributed by atoms with Crippen LogP contribution >= 0.6 is 0 Å². The van der Waals surface area contributed by atoms with Crippen molar-refractivity contribution >= 4 is 28.3 Å². The van der Waals surface area contributed by atoms with Crippen molar-refractivity contribution in [2.75, 3.05) is 62.7 Å². The number of rotatable bonds is 7. The molecule has 220 valence electrons. The average molecular weight is 579 g/mol. The van der Waals surface area contributed by atoms with Gasteiger partial charge in [-0.15, -0.1) is 0 Å². The molecule has 1 fully saturated rings. The van der Waals surface area contributed by atoms with Crippen molar-refractivity contribution in [1.82, 2.24) is 14.6 Å². The van der Waals surface area contributed by atoms with Gasteiger partial charge in [-0.25, -0.2) is 23.2 Å². The Morgan fingerprint density at radius 1 is 0.952 bits per heavy atom. The number of amides is 2. The quantitative estimate of drug-likeness (QED) is 0.348. The summed E-state index contributed by atoms with van der Waals surface area (Å²) in [4.78, 5) is 36.3. The highest BCUT2D eigenvalue weighted by molar-refractivity contribution is 6.03.